The zero-order valence-corrected chi connectivity index (χ0v) is 8.60. The minimum atomic E-state index is 0.215. The molecule has 2 N–H and O–H groups in total. The lowest BCUT2D eigenvalue weighted by molar-refractivity contribution is -0.122. The molecule has 1 aliphatic rings. The second kappa shape index (κ2) is 5.22. The molecule has 13 heavy (non-hydrogen) atoms. The molecule has 1 aliphatic carbocycles. The van der Waals surface area contributed by atoms with Gasteiger partial charge in [0.15, 0.2) is 0 Å². The lowest BCUT2D eigenvalue weighted by Crippen LogP contribution is -2.43. The van der Waals surface area contributed by atoms with E-state index in [9.17, 15) is 4.79 Å². The van der Waals surface area contributed by atoms with Gasteiger partial charge in [-0.05, 0) is 38.8 Å². The summed E-state index contributed by atoms with van der Waals surface area (Å²) >= 11 is 0. The van der Waals surface area contributed by atoms with Crippen LogP contribution in [0.2, 0.25) is 0 Å². The van der Waals surface area contributed by atoms with Gasteiger partial charge in [0, 0.05) is 12.5 Å². The molecule has 0 aliphatic heterocycles. The van der Waals surface area contributed by atoms with Crippen LogP contribution in [-0.2, 0) is 4.79 Å². The molecule has 1 amide bonds. The third-order valence-corrected chi connectivity index (χ3v) is 2.57. The second-order valence-corrected chi connectivity index (χ2v) is 4.05. The SMILES string of the molecule is CNCCCC(=O)NC1CC(C)C1. The Morgan fingerprint density at radius 2 is 2.15 bits per heavy atom. The van der Waals surface area contributed by atoms with Crippen molar-refractivity contribution in [3.63, 3.8) is 0 Å². The van der Waals surface area contributed by atoms with E-state index in [1.165, 1.54) is 0 Å². The molecule has 0 aromatic heterocycles. The van der Waals surface area contributed by atoms with Gasteiger partial charge in [-0.2, -0.15) is 0 Å². The van der Waals surface area contributed by atoms with E-state index in [0.717, 1.165) is 31.7 Å². The van der Waals surface area contributed by atoms with Gasteiger partial charge < -0.3 is 10.6 Å². The number of carbonyl (C=O) groups is 1. The van der Waals surface area contributed by atoms with Crippen molar-refractivity contribution in [1.82, 2.24) is 10.6 Å². The molecule has 76 valence electrons. The Balaban J connectivity index is 1.98. The summed E-state index contributed by atoms with van der Waals surface area (Å²) in [6.07, 6.45) is 3.92. The first-order valence-corrected chi connectivity index (χ1v) is 5.16. The lowest BCUT2D eigenvalue weighted by Gasteiger charge is -2.33. The summed E-state index contributed by atoms with van der Waals surface area (Å²) in [7, 11) is 1.91. The van der Waals surface area contributed by atoms with Gasteiger partial charge in [0.1, 0.15) is 0 Å². The molecular weight excluding hydrogens is 164 g/mol. The van der Waals surface area contributed by atoms with Crippen LogP contribution in [0.3, 0.4) is 0 Å². The Bertz CT molecular complexity index is 164. The predicted molar refractivity (Wildman–Crippen MR) is 53.5 cm³/mol. The summed E-state index contributed by atoms with van der Waals surface area (Å²) in [6, 6.07) is 0.470. The first-order valence-electron chi connectivity index (χ1n) is 5.16. The highest BCUT2D eigenvalue weighted by Gasteiger charge is 2.26. The van der Waals surface area contributed by atoms with Crippen LogP contribution in [0.25, 0.3) is 0 Å². The topological polar surface area (TPSA) is 41.1 Å². The Morgan fingerprint density at radius 3 is 2.69 bits per heavy atom. The van der Waals surface area contributed by atoms with Crippen molar-refractivity contribution in [2.75, 3.05) is 13.6 Å². The van der Waals surface area contributed by atoms with Crippen LogP contribution >= 0.6 is 0 Å². The summed E-state index contributed by atoms with van der Waals surface area (Å²) in [6.45, 7) is 3.15. The fourth-order valence-corrected chi connectivity index (χ4v) is 1.75. The van der Waals surface area contributed by atoms with Gasteiger partial charge in [0.25, 0.3) is 0 Å². The maximum Gasteiger partial charge on any atom is 0.220 e. The van der Waals surface area contributed by atoms with E-state index in [1.54, 1.807) is 0 Å². The van der Waals surface area contributed by atoms with E-state index >= 15 is 0 Å². The summed E-state index contributed by atoms with van der Waals surface area (Å²) in [5, 5.41) is 6.07. The largest absolute Gasteiger partial charge is 0.353 e. The number of carbonyl (C=O) groups excluding carboxylic acids is 1. The van der Waals surface area contributed by atoms with Crippen molar-refractivity contribution in [2.45, 2.75) is 38.6 Å². The Labute approximate surface area is 80.3 Å². The van der Waals surface area contributed by atoms with Crippen LogP contribution in [-0.4, -0.2) is 25.5 Å². The molecule has 0 heterocycles. The molecule has 0 aromatic rings. The summed E-state index contributed by atoms with van der Waals surface area (Å²) in [5.74, 6) is 1.02. The first-order chi connectivity index (χ1) is 6.22. The molecule has 0 saturated heterocycles. The number of rotatable bonds is 5. The monoisotopic (exact) mass is 184 g/mol. The summed E-state index contributed by atoms with van der Waals surface area (Å²) in [4.78, 5) is 11.3. The maximum absolute atomic E-state index is 11.3. The van der Waals surface area contributed by atoms with Crippen LogP contribution in [0.15, 0.2) is 0 Å². The quantitative estimate of drug-likeness (QED) is 0.623. The fraction of sp³-hybridized carbons (Fsp3) is 0.900. The van der Waals surface area contributed by atoms with Gasteiger partial charge in [-0.25, -0.2) is 0 Å². The van der Waals surface area contributed by atoms with Crippen LogP contribution in [0.5, 0.6) is 0 Å². The number of nitrogens with one attached hydrogen (secondary N) is 2. The molecule has 3 nitrogen and oxygen atoms in total. The highest BCUT2D eigenvalue weighted by molar-refractivity contribution is 5.76. The fourth-order valence-electron chi connectivity index (χ4n) is 1.75. The zero-order chi connectivity index (χ0) is 9.68. The standard InChI is InChI=1S/C10H20N2O/c1-8-6-9(7-8)12-10(13)4-3-5-11-2/h8-9,11H,3-7H2,1-2H3,(H,12,13). The van der Waals surface area contributed by atoms with Crippen LogP contribution in [0.4, 0.5) is 0 Å². The Morgan fingerprint density at radius 1 is 1.46 bits per heavy atom. The summed E-state index contributed by atoms with van der Waals surface area (Å²) in [5.41, 5.74) is 0. The van der Waals surface area contributed by atoms with Gasteiger partial charge in [0.05, 0.1) is 0 Å². The molecule has 1 fully saturated rings. The van der Waals surface area contributed by atoms with E-state index < -0.39 is 0 Å². The molecule has 0 radical (unpaired) electrons. The number of hydrogen-bond acceptors (Lipinski definition) is 2. The number of amides is 1. The Hall–Kier alpha value is -0.570. The minimum Gasteiger partial charge on any atom is -0.353 e. The maximum atomic E-state index is 11.3. The van der Waals surface area contributed by atoms with Gasteiger partial charge in [-0.15, -0.1) is 0 Å². The average Bonchev–Trinajstić information content (AvgIpc) is 2.02. The van der Waals surface area contributed by atoms with E-state index in [-0.39, 0.29) is 5.91 Å². The Kier molecular flexibility index (Phi) is 4.22. The molecule has 0 unspecified atom stereocenters. The molecule has 1 saturated carbocycles. The second-order valence-electron chi connectivity index (χ2n) is 4.05. The van der Waals surface area contributed by atoms with Crippen molar-refractivity contribution < 1.29 is 4.79 Å². The highest BCUT2D eigenvalue weighted by atomic mass is 16.1. The van der Waals surface area contributed by atoms with Crippen LogP contribution in [0.1, 0.15) is 32.6 Å². The molecular formula is C10H20N2O. The van der Waals surface area contributed by atoms with Crippen molar-refractivity contribution in [1.29, 1.82) is 0 Å². The van der Waals surface area contributed by atoms with Gasteiger partial charge in [-0.3, -0.25) is 4.79 Å². The molecule has 0 atom stereocenters. The molecule has 0 spiro atoms. The third kappa shape index (κ3) is 3.77. The van der Waals surface area contributed by atoms with Gasteiger partial charge in [-0.1, -0.05) is 6.92 Å². The van der Waals surface area contributed by atoms with Gasteiger partial charge >= 0.3 is 0 Å². The number of hydrogen-bond donors (Lipinski definition) is 2. The predicted octanol–water partition coefficient (Wildman–Crippen LogP) is 0.901. The smallest absolute Gasteiger partial charge is 0.220 e. The van der Waals surface area contributed by atoms with E-state index in [2.05, 4.69) is 17.6 Å². The lowest BCUT2D eigenvalue weighted by atomic mass is 9.82. The van der Waals surface area contributed by atoms with Crippen molar-refractivity contribution in [3.8, 4) is 0 Å². The molecule has 1 rings (SSSR count). The van der Waals surface area contributed by atoms with E-state index in [1.807, 2.05) is 7.05 Å². The first kappa shape index (κ1) is 10.5. The van der Waals surface area contributed by atoms with Crippen molar-refractivity contribution >= 4 is 5.91 Å². The zero-order valence-electron chi connectivity index (χ0n) is 8.60. The minimum absolute atomic E-state index is 0.215. The molecule has 3 heteroatoms. The van der Waals surface area contributed by atoms with Crippen LogP contribution < -0.4 is 10.6 Å². The van der Waals surface area contributed by atoms with Gasteiger partial charge in [0.2, 0.25) is 5.91 Å². The van der Waals surface area contributed by atoms with E-state index in [4.69, 9.17) is 0 Å². The van der Waals surface area contributed by atoms with Crippen LogP contribution in [0, 0.1) is 5.92 Å². The highest BCUT2D eigenvalue weighted by Crippen LogP contribution is 2.26. The average molecular weight is 184 g/mol. The van der Waals surface area contributed by atoms with Crippen molar-refractivity contribution in [2.24, 2.45) is 5.92 Å². The summed E-state index contributed by atoms with van der Waals surface area (Å²) < 4.78 is 0. The third-order valence-electron chi connectivity index (χ3n) is 2.57. The molecule has 0 aromatic carbocycles. The van der Waals surface area contributed by atoms with E-state index in [0.29, 0.717) is 12.5 Å². The normalized spacial score (nSPS) is 26.6. The molecule has 0 bridgehead atoms. The van der Waals surface area contributed by atoms with Crippen molar-refractivity contribution in [3.05, 3.63) is 0 Å².